The predicted molar refractivity (Wildman–Crippen MR) is 101 cm³/mol. The Morgan fingerprint density at radius 3 is 2.58 bits per heavy atom. The Labute approximate surface area is 156 Å². The van der Waals surface area contributed by atoms with Crippen LogP contribution in [-0.2, 0) is 16.0 Å². The fourth-order valence-corrected chi connectivity index (χ4v) is 3.13. The zero-order valence-electron chi connectivity index (χ0n) is 14.0. The summed E-state index contributed by atoms with van der Waals surface area (Å²) in [6, 6.07) is 14.8. The van der Waals surface area contributed by atoms with Crippen LogP contribution < -0.4 is 5.32 Å². The van der Waals surface area contributed by atoms with Crippen LogP contribution in [0.3, 0.4) is 0 Å². The molecule has 0 bridgehead atoms. The smallest absolute Gasteiger partial charge is 0.304 e. The molecule has 0 fully saturated rings. The van der Waals surface area contributed by atoms with Gasteiger partial charge in [-0.2, -0.15) is 0 Å². The molecular weight excluding hydrogens is 352 g/mol. The highest BCUT2D eigenvalue weighted by Crippen LogP contribution is 2.22. The number of H-pyrrole nitrogens is 1. The number of carboxylic acid groups (broad SMARTS) is 1. The van der Waals surface area contributed by atoms with Crippen molar-refractivity contribution in [2.75, 3.05) is 6.54 Å². The molecule has 1 aromatic heterocycles. The van der Waals surface area contributed by atoms with Crippen molar-refractivity contribution >= 4 is 34.4 Å². The summed E-state index contributed by atoms with van der Waals surface area (Å²) < 4.78 is 0. The van der Waals surface area contributed by atoms with Gasteiger partial charge in [-0.1, -0.05) is 41.9 Å². The van der Waals surface area contributed by atoms with Crippen LogP contribution in [0.5, 0.6) is 0 Å². The minimum Gasteiger partial charge on any atom is -0.481 e. The first-order chi connectivity index (χ1) is 12.5. The van der Waals surface area contributed by atoms with Crippen molar-refractivity contribution < 1.29 is 14.7 Å². The van der Waals surface area contributed by atoms with Crippen molar-refractivity contribution in [2.24, 2.45) is 0 Å². The molecule has 0 aliphatic carbocycles. The highest BCUT2D eigenvalue weighted by atomic mass is 35.5. The van der Waals surface area contributed by atoms with Crippen LogP contribution in [0, 0.1) is 0 Å². The van der Waals surface area contributed by atoms with E-state index in [9.17, 15) is 9.59 Å². The molecule has 26 heavy (non-hydrogen) atoms. The number of aromatic nitrogens is 1. The summed E-state index contributed by atoms with van der Waals surface area (Å²) in [6.45, 7) is 0.259. The lowest BCUT2D eigenvalue weighted by molar-refractivity contribution is -0.137. The molecule has 0 spiro atoms. The molecule has 134 valence electrons. The number of nitrogens with one attached hydrogen (secondary N) is 2. The number of rotatable bonds is 7. The van der Waals surface area contributed by atoms with Crippen molar-refractivity contribution in [3.63, 3.8) is 0 Å². The maximum absolute atomic E-state index is 12.3. The van der Waals surface area contributed by atoms with Crippen LogP contribution in [0.25, 0.3) is 10.9 Å². The van der Waals surface area contributed by atoms with Gasteiger partial charge < -0.3 is 15.4 Å². The minimum absolute atomic E-state index is 0.0605. The van der Waals surface area contributed by atoms with Crippen molar-refractivity contribution in [1.29, 1.82) is 0 Å². The fraction of sp³-hybridized carbons (Fsp3) is 0.200. The highest BCUT2D eigenvalue weighted by Gasteiger charge is 2.17. The first-order valence-electron chi connectivity index (χ1n) is 8.32. The van der Waals surface area contributed by atoms with E-state index < -0.39 is 5.97 Å². The number of aromatic amines is 1. The van der Waals surface area contributed by atoms with Crippen LogP contribution in [0.2, 0.25) is 5.02 Å². The van der Waals surface area contributed by atoms with Crippen molar-refractivity contribution in [1.82, 2.24) is 10.3 Å². The van der Waals surface area contributed by atoms with E-state index in [4.69, 9.17) is 16.7 Å². The summed E-state index contributed by atoms with van der Waals surface area (Å²) in [5.74, 6) is -1.35. The molecule has 0 saturated carbocycles. The average Bonchev–Trinajstić information content (AvgIpc) is 3.02. The number of carbonyl (C=O) groups is 2. The molecule has 0 radical (unpaired) electrons. The molecule has 3 aromatic rings. The topological polar surface area (TPSA) is 82.2 Å². The van der Waals surface area contributed by atoms with Gasteiger partial charge in [0.2, 0.25) is 5.91 Å². The van der Waals surface area contributed by atoms with E-state index in [1.807, 2.05) is 30.5 Å². The van der Waals surface area contributed by atoms with Gasteiger partial charge in [0.1, 0.15) is 0 Å². The molecule has 3 rings (SSSR count). The molecule has 0 saturated heterocycles. The summed E-state index contributed by atoms with van der Waals surface area (Å²) in [5, 5.41) is 13.6. The van der Waals surface area contributed by atoms with E-state index in [1.54, 1.807) is 24.3 Å². The number of amides is 1. The van der Waals surface area contributed by atoms with Crippen LogP contribution in [-0.4, -0.2) is 28.5 Å². The normalized spacial score (nSPS) is 12.0. The van der Waals surface area contributed by atoms with Gasteiger partial charge >= 0.3 is 5.97 Å². The minimum atomic E-state index is -0.907. The Balaban J connectivity index is 1.65. The summed E-state index contributed by atoms with van der Waals surface area (Å²) in [4.78, 5) is 26.6. The van der Waals surface area contributed by atoms with Crippen LogP contribution in [0.15, 0.2) is 54.7 Å². The average molecular weight is 371 g/mol. The third kappa shape index (κ3) is 4.43. The Hall–Kier alpha value is -2.79. The van der Waals surface area contributed by atoms with Crippen LogP contribution >= 0.6 is 11.6 Å². The lowest BCUT2D eigenvalue weighted by atomic mass is 9.95. The number of para-hydroxylation sites is 1. The summed E-state index contributed by atoms with van der Waals surface area (Å²) in [6.07, 6.45) is 2.01. The first kappa shape index (κ1) is 18.0. The number of benzene rings is 2. The molecule has 3 N–H and O–H groups in total. The number of halogens is 1. The quantitative estimate of drug-likeness (QED) is 0.592. The molecule has 5 nitrogen and oxygen atoms in total. The van der Waals surface area contributed by atoms with Gasteiger partial charge in [-0.15, -0.1) is 0 Å². The number of aliphatic carboxylic acids is 1. The largest absolute Gasteiger partial charge is 0.481 e. The summed E-state index contributed by atoms with van der Waals surface area (Å²) >= 11 is 5.89. The molecular formula is C20H19ClN2O3. The van der Waals surface area contributed by atoms with E-state index in [2.05, 4.69) is 10.3 Å². The molecule has 0 unspecified atom stereocenters. The van der Waals surface area contributed by atoms with E-state index in [0.717, 1.165) is 22.0 Å². The van der Waals surface area contributed by atoms with Gasteiger partial charge in [0.25, 0.3) is 0 Å². The molecule has 1 atom stereocenters. The molecule has 0 aliphatic heterocycles. The predicted octanol–water partition coefficient (Wildman–Crippen LogP) is 3.74. The van der Waals surface area contributed by atoms with E-state index >= 15 is 0 Å². The highest BCUT2D eigenvalue weighted by molar-refractivity contribution is 6.30. The third-order valence-corrected chi connectivity index (χ3v) is 4.59. The SMILES string of the molecule is O=C(O)C[C@@H](CNC(=O)Cc1c[nH]c2ccccc12)c1ccc(Cl)cc1. The van der Waals surface area contributed by atoms with E-state index in [1.165, 1.54) is 0 Å². The fourth-order valence-electron chi connectivity index (χ4n) is 3.00. The van der Waals surface area contributed by atoms with Gasteiger partial charge in [0, 0.05) is 34.6 Å². The Morgan fingerprint density at radius 2 is 1.85 bits per heavy atom. The number of carbonyl (C=O) groups excluding carboxylic acids is 1. The first-order valence-corrected chi connectivity index (χ1v) is 8.69. The second-order valence-corrected chi connectivity index (χ2v) is 6.62. The Kier molecular flexibility index (Phi) is 5.58. The monoisotopic (exact) mass is 370 g/mol. The Bertz CT molecular complexity index is 918. The van der Waals surface area contributed by atoms with E-state index in [-0.39, 0.29) is 31.2 Å². The zero-order chi connectivity index (χ0) is 18.5. The third-order valence-electron chi connectivity index (χ3n) is 4.33. The van der Waals surface area contributed by atoms with Crippen molar-refractivity contribution in [3.8, 4) is 0 Å². The standard InChI is InChI=1S/C20H19ClN2O3/c21-16-7-5-13(6-8-16)14(10-20(25)26)11-23-19(24)9-15-12-22-18-4-2-1-3-17(15)18/h1-8,12,14,22H,9-11H2,(H,23,24)(H,25,26)/t14-/m0/s1. The second kappa shape index (κ2) is 8.06. The zero-order valence-corrected chi connectivity index (χ0v) is 14.8. The van der Waals surface area contributed by atoms with Gasteiger partial charge in [0.05, 0.1) is 12.8 Å². The number of fused-ring (bicyclic) bond motifs is 1. The number of hydrogen-bond acceptors (Lipinski definition) is 2. The van der Waals surface area contributed by atoms with Gasteiger partial charge in [0.15, 0.2) is 0 Å². The maximum atomic E-state index is 12.3. The van der Waals surface area contributed by atoms with Gasteiger partial charge in [-0.05, 0) is 29.3 Å². The molecule has 0 aliphatic rings. The molecule has 2 aromatic carbocycles. The summed E-state index contributed by atoms with van der Waals surface area (Å²) in [7, 11) is 0. The molecule has 1 heterocycles. The van der Waals surface area contributed by atoms with Crippen molar-refractivity contribution in [2.45, 2.75) is 18.8 Å². The summed E-state index contributed by atoms with van der Waals surface area (Å²) in [5.41, 5.74) is 2.74. The van der Waals surface area contributed by atoms with Crippen molar-refractivity contribution in [3.05, 3.63) is 70.9 Å². The van der Waals surface area contributed by atoms with Crippen LogP contribution in [0.1, 0.15) is 23.5 Å². The van der Waals surface area contributed by atoms with Gasteiger partial charge in [-0.25, -0.2) is 0 Å². The number of hydrogen-bond donors (Lipinski definition) is 3. The number of carboxylic acids is 1. The second-order valence-electron chi connectivity index (χ2n) is 6.19. The van der Waals surface area contributed by atoms with E-state index in [0.29, 0.717) is 5.02 Å². The molecule has 1 amide bonds. The lowest BCUT2D eigenvalue weighted by Crippen LogP contribution is -2.30. The molecule has 6 heteroatoms. The Morgan fingerprint density at radius 1 is 1.12 bits per heavy atom. The van der Waals surface area contributed by atoms with Crippen LogP contribution in [0.4, 0.5) is 0 Å². The maximum Gasteiger partial charge on any atom is 0.304 e. The lowest BCUT2D eigenvalue weighted by Gasteiger charge is -2.16. The van der Waals surface area contributed by atoms with Gasteiger partial charge in [-0.3, -0.25) is 9.59 Å².